The van der Waals surface area contributed by atoms with E-state index in [9.17, 15) is 19.7 Å². The number of hydrogen-bond donors (Lipinski definition) is 1. The molecule has 0 aliphatic carbocycles. The Bertz CT molecular complexity index is 874. The van der Waals surface area contributed by atoms with Crippen molar-refractivity contribution in [2.24, 2.45) is 5.73 Å². The molecule has 25 heavy (non-hydrogen) atoms. The van der Waals surface area contributed by atoms with E-state index in [1.165, 1.54) is 23.1 Å². The van der Waals surface area contributed by atoms with Gasteiger partial charge < -0.3 is 5.73 Å². The molecular weight excluding hydrogens is 322 g/mol. The molecule has 1 aliphatic heterocycles. The molecule has 0 saturated heterocycles. The minimum Gasteiger partial charge on any atom is -0.368 e. The summed E-state index contributed by atoms with van der Waals surface area (Å²) in [6.07, 6.45) is 3.27. The highest BCUT2D eigenvalue weighted by Crippen LogP contribution is 2.32. The second-order valence-corrected chi connectivity index (χ2v) is 5.64. The molecule has 3 rings (SSSR count). The van der Waals surface area contributed by atoms with E-state index in [2.05, 4.69) is 0 Å². The lowest BCUT2D eigenvalue weighted by molar-refractivity contribution is -0.384. The average molecular weight is 337 g/mol. The highest BCUT2D eigenvalue weighted by atomic mass is 16.6. The zero-order chi connectivity index (χ0) is 18.0. The Morgan fingerprint density at radius 1 is 1.16 bits per heavy atom. The maximum absolute atomic E-state index is 12.6. The number of carbonyl (C=O) groups excluding carboxylic acids is 2. The number of carbonyl (C=O) groups is 2. The van der Waals surface area contributed by atoms with Crippen molar-refractivity contribution >= 4 is 29.3 Å². The van der Waals surface area contributed by atoms with E-state index in [1.807, 2.05) is 12.1 Å². The number of nitrogens with zero attached hydrogens (tertiary/aromatic N) is 2. The molecule has 2 aromatic rings. The molecule has 0 saturated carbocycles. The zero-order valence-electron chi connectivity index (χ0n) is 13.2. The maximum atomic E-state index is 12.6. The van der Waals surface area contributed by atoms with E-state index in [4.69, 9.17) is 5.73 Å². The van der Waals surface area contributed by atoms with Gasteiger partial charge in [0.15, 0.2) is 0 Å². The number of rotatable bonds is 4. The fourth-order valence-corrected chi connectivity index (χ4v) is 2.84. The molecule has 1 atom stereocenters. The van der Waals surface area contributed by atoms with Crippen LogP contribution in [0.5, 0.6) is 0 Å². The molecule has 2 amide bonds. The third kappa shape index (κ3) is 3.25. The van der Waals surface area contributed by atoms with Crippen molar-refractivity contribution < 1.29 is 14.5 Å². The number of non-ortho nitro benzene ring substituents is 1. The summed E-state index contributed by atoms with van der Waals surface area (Å²) in [5, 5.41) is 10.7. The summed E-state index contributed by atoms with van der Waals surface area (Å²) in [6, 6.07) is 12.4. The first-order valence-corrected chi connectivity index (χ1v) is 7.60. The number of anilines is 1. The summed E-state index contributed by atoms with van der Waals surface area (Å²) >= 11 is 0. The van der Waals surface area contributed by atoms with Crippen LogP contribution in [0.15, 0.2) is 54.6 Å². The van der Waals surface area contributed by atoms with Gasteiger partial charge in [0, 0.05) is 30.3 Å². The van der Waals surface area contributed by atoms with E-state index in [0.717, 1.165) is 5.56 Å². The predicted molar refractivity (Wildman–Crippen MR) is 92.7 cm³/mol. The summed E-state index contributed by atoms with van der Waals surface area (Å²) in [4.78, 5) is 35.8. The topological polar surface area (TPSA) is 107 Å². The number of amides is 2. The van der Waals surface area contributed by atoms with E-state index >= 15 is 0 Å². The Hall–Kier alpha value is -3.48. The Kier molecular flexibility index (Phi) is 4.30. The van der Waals surface area contributed by atoms with Gasteiger partial charge in [0.25, 0.3) is 11.6 Å². The van der Waals surface area contributed by atoms with E-state index in [1.54, 1.807) is 30.3 Å². The van der Waals surface area contributed by atoms with Crippen LogP contribution < -0.4 is 10.6 Å². The molecule has 0 spiro atoms. The molecule has 2 N–H and O–H groups in total. The fraction of sp³-hybridized carbons (Fsp3) is 0.111. The van der Waals surface area contributed by atoms with Gasteiger partial charge in [-0.15, -0.1) is 0 Å². The van der Waals surface area contributed by atoms with Gasteiger partial charge in [-0.05, 0) is 35.4 Å². The monoisotopic (exact) mass is 337 g/mol. The molecule has 7 heteroatoms. The minimum absolute atomic E-state index is 0.0225. The van der Waals surface area contributed by atoms with Crippen molar-refractivity contribution in [3.05, 3.63) is 75.8 Å². The number of benzene rings is 2. The number of fused-ring (bicyclic) bond motifs is 1. The lowest BCUT2D eigenvalue weighted by Gasteiger charge is -2.21. The van der Waals surface area contributed by atoms with Gasteiger partial charge in [-0.1, -0.05) is 18.2 Å². The summed E-state index contributed by atoms with van der Waals surface area (Å²) in [7, 11) is 0. The smallest absolute Gasteiger partial charge is 0.269 e. The molecule has 126 valence electrons. The fourth-order valence-electron chi connectivity index (χ4n) is 2.84. The summed E-state index contributed by atoms with van der Waals surface area (Å²) < 4.78 is 0. The van der Waals surface area contributed by atoms with E-state index in [-0.39, 0.29) is 11.6 Å². The summed E-state index contributed by atoms with van der Waals surface area (Å²) in [5.41, 5.74) is 7.62. The average Bonchev–Trinajstić information content (AvgIpc) is 3.00. The van der Waals surface area contributed by atoms with Gasteiger partial charge in [-0.3, -0.25) is 24.6 Å². The number of para-hydroxylation sites is 1. The SMILES string of the molecule is NC(=O)C1Cc2ccccc2N1C(=O)C=Cc1ccc([N+](=O)[O-])cc1. The quantitative estimate of drug-likeness (QED) is 0.523. The third-order valence-electron chi connectivity index (χ3n) is 4.06. The van der Waals surface area contributed by atoms with Gasteiger partial charge in [0.1, 0.15) is 6.04 Å². The molecule has 0 aromatic heterocycles. The van der Waals surface area contributed by atoms with Crippen LogP contribution in [0.4, 0.5) is 11.4 Å². The molecule has 0 radical (unpaired) electrons. The van der Waals surface area contributed by atoms with Crippen LogP contribution in [-0.4, -0.2) is 22.8 Å². The highest BCUT2D eigenvalue weighted by Gasteiger charge is 2.36. The van der Waals surface area contributed by atoms with Crippen LogP contribution in [0.3, 0.4) is 0 Å². The molecule has 0 bridgehead atoms. The summed E-state index contributed by atoms with van der Waals surface area (Å²) in [5.74, 6) is -0.930. The highest BCUT2D eigenvalue weighted by molar-refractivity contribution is 6.09. The van der Waals surface area contributed by atoms with E-state index < -0.39 is 16.9 Å². The van der Waals surface area contributed by atoms with Crippen molar-refractivity contribution in [1.29, 1.82) is 0 Å². The molecule has 7 nitrogen and oxygen atoms in total. The molecular formula is C18H15N3O4. The molecule has 0 fully saturated rings. The third-order valence-corrected chi connectivity index (χ3v) is 4.06. The second-order valence-electron chi connectivity index (χ2n) is 5.64. The van der Waals surface area contributed by atoms with Gasteiger partial charge in [-0.2, -0.15) is 0 Å². The Labute approximate surface area is 143 Å². The normalized spacial score (nSPS) is 16.0. The number of nitrogens with two attached hydrogens (primary N) is 1. The van der Waals surface area contributed by atoms with Crippen molar-refractivity contribution in [3.63, 3.8) is 0 Å². The first kappa shape index (κ1) is 16.4. The largest absolute Gasteiger partial charge is 0.368 e. The van der Waals surface area contributed by atoms with Crippen LogP contribution >= 0.6 is 0 Å². The Balaban J connectivity index is 1.83. The minimum atomic E-state index is -0.716. The standard InChI is InChI=1S/C18H15N3O4/c19-18(23)16-11-13-3-1-2-4-15(13)20(16)17(22)10-7-12-5-8-14(9-6-12)21(24)25/h1-10,16H,11H2,(H2,19,23). The van der Waals surface area contributed by atoms with Crippen molar-refractivity contribution in [3.8, 4) is 0 Å². The van der Waals surface area contributed by atoms with Crippen molar-refractivity contribution in [2.45, 2.75) is 12.5 Å². The first-order valence-electron chi connectivity index (χ1n) is 7.60. The van der Waals surface area contributed by atoms with Gasteiger partial charge in [0.05, 0.1) is 4.92 Å². The van der Waals surface area contributed by atoms with Crippen molar-refractivity contribution in [2.75, 3.05) is 4.90 Å². The maximum Gasteiger partial charge on any atom is 0.269 e. The first-order chi connectivity index (χ1) is 12.0. The number of primary amides is 1. The van der Waals surface area contributed by atoms with Gasteiger partial charge >= 0.3 is 0 Å². The Morgan fingerprint density at radius 3 is 2.48 bits per heavy atom. The van der Waals surface area contributed by atoms with Gasteiger partial charge in [0.2, 0.25) is 5.91 Å². The molecule has 1 aliphatic rings. The molecule has 1 unspecified atom stereocenters. The van der Waals surface area contributed by atoms with Gasteiger partial charge in [-0.25, -0.2) is 0 Å². The van der Waals surface area contributed by atoms with Crippen LogP contribution in [0.25, 0.3) is 6.08 Å². The van der Waals surface area contributed by atoms with Crippen LogP contribution in [-0.2, 0) is 16.0 Å². The number of hydrogen-bond acceptors (Lipinski definition) is 4. The lowest BCUT2D eigenvalue weighted by Crippen LogP contribution is -2.45. The Morgan fingerprint density at radius 2 is 1.84 bits per heavy atom. The number of nitro groups is 1. The van der Waals surface area contributed by atoms with Crippen LogP contribution in [0.1, 0.15) is 11.1 Å². The van der Waals surface area contributed by atoms with E-state index in [0.29, 0.717) is 17.7 Å². The second kappa shape index (κ2) is 6.56. The zero-order valence-corrected chi connectivity index (χ0v) is 13.2. The van der Waals surface area contributed by atoms with Crippen LogP contribution in [0, 0.1) is 10.1 Å². The lowest BCUT2D eigenvalue weighted by atomic mass is 10.1. The predicted octanol–water partition coefficient (Wildman–Crippen LogP) is 2.05. The van der Waals surface area contributed by atoms with Crippen LogP contribution in [0.2, 0.25) is 0 Å². The number of nitro benzene ring substituents is 1. The summed E-state index contributed by atoms with van der Waals surface area (Å²) in [6.45, 7) is 0. The van der Waals surface area contributed by atoms with Crippen molar-refractivity contribution in [1.82, 2.24) is 0 Å². The molecule has 1 heterocycles. The molecule has 2 aromatic carbocycles.